The molecular weight excluding hydrogens is 604 g/mol. The number of benzene rings is 2. The molecule has 4 rings (SSSR count). The van der Waals surface area contributed by atoms with E-state index in [0.29, 0.717) is 0 Å². The molecule has 6 atom stereocenters. The molecular formula is C32H36N2O12. The van der Waals surface area contributed by atoms with E-state index in [2.05, 4.69) is 10.6 Å². The van der Waals surface area contributed by atoms with E-state index in [4.69, 9.17) is 28.4 Å². The fourth-order valence-electron chi connectivity index (χ4n) is 5.49. The van der Waals surface area contributed by atoms with Gasteiger partial charge in [0.1, 0.15) is 31.4 Å². The monoisotopic (exact) mass is 640 g/mol. The van der Waals surface area contributed by atoms with Crippen LogP contribution in [0.25, 0.3) is 11.1 Å². The molecule has 246 valence electrons. The maximum absolute atomic E-state index is 13.3. The normalized spacial score (nSPS) is 22.2. The Bertz CT molecular complexity index is 1450. The Hall–Kier alpha value is -4.98. The molecule has 0 saturated carbocycles. The highest BCUT2D eigenvalue weighted by Crippen LogP contribution is 2.44. The highest BCUT2D eigenvalue weighted by molar-refractivity contribution is 5.86. The highest BCUT2D eigenvalue weighted by atomic mass is 16.7. The summed E-state index contributed by atoms with van der Waals surface area (Å²) in [5, 5.41) is 5.02. The van der Waals surface area contributed by atoms with E-state index < -0.39 is 79.2 Å². The van der Waals surface area contributed by atoms with Crippen molar-refractivity contribution in [1.29, 1.82) is 0 Å². The number of hydrogen-bond acceptors (Lipinski definition) is 12. The van der Waals surface area contributed by atoms with Crippen LogP contribution in [0.2, 0.25) is 0 Å². The van der Waals surface area contributed by atoms with Gasteiger partial charge in [-0.25, -0.2) is 4.79 Å². The Morgan fingerprint density at radius 1 is 0.717 bits per heavy atom. The quantitative estimate of drug-likeness (QED) is 0.286. The predicted octanol–water partition coefficient (Wildman–Crippen LogP) is 2.11. The zero-order valence-electron chi connectivity index (χ0n) is 26.0. The number of esters is 4. The Labute approximate surface area is 265 Å². The van der Waals surface area contributed by atoms with Crippen LogP contribution in [0, 0.1) is 0 Å². The van der Waals surface area contributed by atoms with Crippen molar-refractivity contribution in [3.63, 3.8) is 0 Å². The van der Waals surface area contributed by atoms with E-state index in [0.717, 1.165) is 49.9 Å². The van der Waals surface area contributed by atoms with Gasteiger partial charge in [-0.15, -0.1) is 0 Å². The second-order valence-electron chi connectivity index (χ2n) is 10.8. The summed E-state index contributed by atoms with van der Waals surface area (Å²) in [5.74, 6) is -4.10. The topological polar surface area (TPSA) is 182 Å². The summed E-state index contributed by atoms with van der Waals surface area (Å²) in [6.45, 7) is 5.36. The number of fused-ring (bicyclic) bond motifs is 3. The number of rotatable bonds is 10. The van der Waals surface area contributed by atoms with E-state index in [9.17, 15) is 28.8 Å². The molecule has 2 aliphatic rings. The first-order chi connectivity index (χ1) is 21.8. The first-order valence-corrected chi connectivity index (χ1v) is 14.6. The Morgan fingerprint density at radius 2 is 1.26 bits per heavy atom. The third-order valence-electron chi connectivity index (χ3n) is 7.36. The van der Waals surface area contributed by atoms with E-state index in [-0.39, 0.29) is 12.5 Å². The minimum absolute atomic E-state index is 0.0154. The van der Waals surface area contributed by atoms with Gasteiger partial charge in [0, 0.05) is 33.6 Å². The summed E-state index contributed by atoms with van der Waals surface area (Å²) in [4.78, 5) is 73.7. The molecule has 0 unspecified atom stereocenters. The number of amides is 2. The minimum atomic E-state index is -1.57. The molecule has 1 aliphatic heterocycles. The van der Waals surface area contributed by atoms with Crippen LogP contribution in [0.15, 0.2) is 48.5 Å². The number of alkyl carbamates (subject to hydrolysis) is 1. The summed E-state index contributed by atoms with van der Waals surface area (Å²) in [6, 6.07) is 13.1. The van der Waals surface area contributed by atoms with Gasteiger partial charge in [0.25, 0.3) is 0 Å². The fourth-order valence-corrected chi connectivity index (χ4v) is 5.49. The van der Waals surface area contributed by atoms with Crippen molar-refractivity contribution in [3.8, 4) is 11.1 Å². The molecule has 1 heterocycles. The van der Waals surface area contributed by atoms with Gasteiger partial charge in [-0.05, 0) is 29.2 Å². The van der Waals surface area contributed by atoms with Crippen molar-refractivity contribution >= 4 is 35.9 Å². The van der Waals surface area contributed by atoms with E-state index in [1.54, 1.807) is 0 Å². The van der Waals surface area contributed by atoms with Crippen molar-refractivity contribution < 1.29 is 57.2 Å². The maximum atomic E-state index is 13.3. The maximum Gasteiger partial charge on any atom is 0.407 e. The first kappa shape index (κ1) is 33.9. The zero-order chi connectivity index (χ0) is 33.5. The van der Waals surface area contributed by atoms with Crippen molar-refractivity contribution in [1.82, 2.24) is 10.6 Å². The lowest BCUT2D eigenvalue weighted by Gasteiger charge is -2.44. The highest BCUT2D eigenvalue weighted by Gasteiger charge is 2.52. The summed E-state index contributed by atoms with van der Waals surface area (Å²) in [6.07, 6.45) is -6.52. The number of carbonyl (C=O) groups excluding carboxylic acids is 6. The standard InChI is InChI=1S/C32H36N2O12/c1-16(33-32(40)42-14-25-23-12-8-6-10-21(23)22-11-7-9-13-24(22)25)30(39)34-27-29(44-19(4)37)28(43-18(3)36)26(15-41-17(2)35)46-31(27)45-20(5)38/h6-13,16,25-29,31H,14-15H2,1-5H3,(H,33,40)(H,34,39)/t16-,26-,27-,28-,29-,31-/m1/s1. The van der Waals surface area contributed by atoms with Crippen LogP contribution < -0.4 is 10.6 Å². The van der Waals surface area contributed by atoms with Crippen LogP contribution in [0.3, 0.4) is 0 Å². The van der Waals surface area contributed by atoms with Crippen LogP contribution in [0.5, 0.6) is 0 Å². The summed E-state index contributed by atoms with van der Waals surface area (Å²) >= 11 is 0. The molecule has 0 aromatic heterocycles. The third-order valence-corrected chi connectivity index (χ3v) is 7.36. The molecule has 46 heavy (non-hydrogen) atoms. The van der Waals surface area contributed by atoms with Gasteiger partial charge >= 0.3 is 30.0 Å². The molecule has 2 aromatic rings. The second kappa shape index (κ2) is 14.9. The van der Waals surface area contributed by atoms with Gasteiger partial charge < -0.3 is 39.1 Å². The fraction of sp³-hybridized carbons (Fsp3) is 0.438. The minimum Gasteiger partial charge on any atom is -0.463 e. The van der Waals surface area contributed by atoms with E-state index in [1.807, 2.05) is 48.5 Å². The van der Waals surface area contributed by atoms with Crippen LogP contribution in [-0.4, -0.2) is 85.8 Å². The van der Waals surface area contributed by atoms with Gasteiger partial charge in [0.15, 0.2) is 12.2 Å². The molecule has 0 bridgehead atoms. The molecule has 2 aromatic carbocycles. The molecule has 14 nitrogen and oxygen atoms in total. The molecule has 2 N–H and O–H groups in total. The van der Waals surface area contributed by atoms with Gasteiger partial charge in [-0.1, -0.05) is 48.5 Å². The lowest BCUT2D eigenvalue weighted by atomic mass is 9.95. The van der Waals surface area contributed by atoms with E-state index in [1.165, 1.54) is 6.92 Å². The number of nitrogens with one attached hydrogen (secondary N) is 2. The van der Waals surface area contributed by atoms with Gasteiger partial charge in [0.2, 0.25) is 12.2 Å². The number of carbonyl (C=O) groups is 6. The van der Waals surface area contributed by atoms with Crippen molar-refractivity contribution in [2.75, 3.05) is 13.2 Å². The molecule has 1 aliphatic carbocycles. The van der Waals surface area contributed by atoms with Crippen molar-refractivity contribution in [3.05, 3.63) is 59.7 Å². The Morgan fingerprint density at radius 3 is 1.80 bits per heavy atom. The Balaban J connectivity index is 1.47. The van der Waals surface area contributed by atoms with E-state index >= 15 is 0 Å². The Kier molecular flexibility index (Phi) is 11.0. The van der Waals surface area contributed by atoms with Gasteiger partial charge in [-0.2, -0.15) is 0 Å². The lowest BCUT2D eigenvalue weighted by Crippen LogP contribution is -2.68. The summed E-state index contributed by atoms with van der Waals surface area (Å²) in [5.41, 5.74) is 4.15. The average molecular weight is 641 g/mol. The van der Waals surface area contributed by atoms with Crippen molar-refractivity contribution in [2.45, 2.75) is 77.2 Å². The van der Waals surface area contributed by atoms with Crippen LogP contribution in [0.4, 0.5) is 4.79 Å². The average Bonchev–Trinajstić information content (AvgIpc) is 3.30. The molecule has 2 amide bonds. The van der Waals surface area contributed by atoms with Crippen LogP contribution >= 0.6 is 0 Å². The molecule has 0 spiro atoms. The summed E-state index contributed by atoms with van der Waals surface area (Å²) < 4.78 is 32.4. The zero-order valence-corrected chi connectivity index (χ0v) is 26.0. The third kappa shape index (κ3) is 8.18. The molecule has 14 heteroatoms. The largest absolute Gasteiger partial charge is 0.463 e. The predicted molar refractivity (Wildman–Crippen MR) is 158 cm³/mol. The lowest BCUT2D eigenvalue weighted by molar-refractivity contribution is -0.271. The smallest absolute Gasteiger partial charge is 0.407 e. The molecule has 0 radical (unpaired) electrons. The molecule has 1 saturated heterocycles. The molecule has 1 fully saturated rings. The van der Waals surface area contributed by atoms with Gasteiger partial charge in [-0.3, -0.25) is 24.0 Å². The van der Waals surface area contributed by atoms with Crippen LogP contribution in [0.1, 0.15) is 51.7 Å². The number of hydrogen-bond donors (Lipinski definition) is 2. The second-order valence-corrected chi connectivity index (χ2v) is 10.8. The van der Waals surface area contributed by atoms with Crippen molar-refractivity contribution in [2.24, 2.45) is 0 Å². The first-order valence-electron chi connectivity index (χ1n) is 14.6. The van der Waals surface area contributed by atoms with Gasteiger partial charge in [0.05, 0.1) is 0 Å². The SMILES string of the molecule is CC(=O)OC[C@H]1O[C@@H](OC(C)=O)[C@H](NC(=O)[C@@H](C)NC(=O)OCC2c3ccccc3-c3ccccc32)[C@@H](OC(C)=O)[C@@H]1OC(C)=O. The number of ether oxygens (including phenoxy) is 6. The van der Waals surface area contributed by atoms with Crippen LogP contribution in [-0.2, 0) is 52.4 Å². The summed E-state index contributed by atoms with van der Waals surface area (Å²) in [7, 11) is 0.